The van der Waals surface area contributed by atoms with Crippen LogP contribution in [0.25, 0.3) is 11.8 Å². The number of nitrogens with zero attached hydrogens (tertiary/aromatic N) is 5. The van der Waals surface area contributed by atoms with E-state index in [1.165, 1.54) is 11.3 Å². The average molecular weight is 586 g/mol. The Kier molecular flexibility index (Phi) is 8.17. The first-order valence-electron chi connectivity index (χ1n) is 13.9. The van der Waals surface area contributed by atoms with Gasteiger partial charge >= 0.3 is 0 Å². The SMILES string of the molecule is CCN(CC)C(=O)C1=C(C)N=c2s/c(=C/c3cc(C)n(-c4cccnc4)c3C)c(=O)n2[C@H]1c1cc(OC)ccc1OC. The number of hydrogen-bond acceptors (Lipinski definition) is 7. The quantitative estimate of drug-likeness (QED) is 0.313. The van der Waals surface area contributed by atoms with E-state index in [0.29, 0.717) is 50.8 Å². The predicted molar refractivity (Wildman–Crippen MR) is 164 cm³/mol. The molecule has 1 aliphatic heterocycles. The van der Waals surface area contributed by atoms with Gasteiger partial charge in [-0.1, -0.05) is 11.3 Å². The summed E-state index contributed by atoms with van der Waals surface area (Å²) >= 11 is 1.31. The number of thiazole rings is 1. The van der Waals surface area contributed by atoms with Crippen LogP contribution in [0.4, 0.5) is 0 Å². The Hall–Kier alpha value is -4.44. The van der Waals surface area contributed by atoms with Gasteiger partial charge in [-0.2, -0.15) is 0 Å². The standard InChI is InChI=1S/C32H35N5O4S/c1-8-35(9-2)31(39)28-20(4)34-32-37(29(28)25-17-24(40-6)12-13-26(25)41-7)30(38)27(42-32)16-22-15-19(3)36(21(22)5)23-11-10-14-33-18-23/h10-18,29H,8-9H2,1-7H3/b27-16+/t29-/m0/s1. The van der Waals surface area contributed by atoms with Crippen molar-refractivity contribution in [1.82, 2.24) is 19.0 Å². The summed E-state index contributed by atoms with van der Waals surface area (Å²) < 4.78 is 15.5. The zero-order valence-corrected chi connectivity index (χ0v) is 25.8. The van der Waals surface area contributed by atoms with Gasteiger partial charge in [-0.3, -0.25) is 19.1 Å². The van der Waals surface area contributed by atoms with Crippen LogP contribution in [0.3, 0.4) is 0 Å². The molecule has 1 amide bonds. The number of pyridine rings is 1. The first-order chi connectivity index (χ1) is 20.2. The van der Waals surface area contributed by atoms with Crippen LogP contribution in [0.2, 0.25) is 0 Å². The Morgan fingerprint density at radius 3 is 2.50 bits per heavy atom. The monoisotopic (exact) mass is 585 g/mol. The van der Waals surface area contributed by atoms with Crippen molar-refractivity contribution in [3.05, 3.63) is 102 Å². The minimum atomic E-state index is -0.746. The molecule has 0 aliphatic carbocycles. The van der Waals surface area contributed by atoms with E-state index in [4.69, 9.17) is 14.5 Å². The molecule has 0 N–H and O–H groups in total. The van der Waals surface area contributed by atoms with Crippen LogP contribution >= 0.6 is 11.3 Å². The highest BCUT2D eigenvalue weighted by Crippen LogP contribution is 2.38. The van der Waals surface area contributed by atoms with Crippen molar-refractivity contribution in [1.29, 1.82) is 0 Å². The molecule has 9 nitrogen and oxygen atoms in total. The second-order valence-electron chi connectivity index (χ2n) is 10.0. The van der Waals surface area contributed by atoms with Crippen LogP contribution in [0.15, 0.2) is 69.8 Å². The zero-order chi connectivity index (χ0) is 30.1. The Morgan fingerprint density at radius 2 is 1.86 bits per heavy atom. The van der Waals surface area contributed by atoms with E-state index in [9.17, 15) is 9.59 Å². The van der Waals surface area contributed by atoms with Gasteiger partial charge < -0.3 is 18.9 Å². The normalized spacial score (nSPS) is 14.9. The van der Waals surface area contributed by atoms with Gasteiger partial charge in [0.15, 0.2) is 4.80 Å². The summed E-state index contributed by atoms with van der Waals surface area (Å²) in [5.41, 5.74) is 5.35. The molecule has 0 unspecified atom stereocenters. The summed E-state index contributed by atoms with van der Waals surface area (Å²) in [6.45, 7) is 10.8. The summed E-state index contributed by atoms with van der Waals surface area (Å²) in [6, 6.07) is 10.6. The maximum Gasteiger partial charge on any atom is 0.271 e. The third-order valence-electron chi connectivity index (χ3n) is 7.70. The molecule has 10 heteroatoms. The van der Waals surface area contributed by atoms with E-state index in [1.54, 1.807) is 42.0 Å². The lowest BCUT2D eigenvalue weighted by atomic mass is 9.93. The molecule has 0 saturated carbocycles. The van der Waals surface area contributed by atoms with Crippen molar-refractivity contribution in [2.45, 2.75) is 40.7 Å². The number of allylic oxidation sites excluding steroid dienone is 1. The molecule has 218 valence electrons. The van der Waals surface area contributed by atoms with Gasteiger partial charge in [-0.25, -0.2) is 4.99 Å². The molecule has 0 saturated heterocycles. The van der Waals surface area contributed by atoms with E-state index < -0.39 is 6.04 Å². The van der Waals surface area contributed by atoms with E-state index >= 15 is 0 Å². The molecule has 0 spiro atoms. The fourth-order valence-corrected chi connectivity index (χ4v) is 6.62. The topological polar surface area (TPSA) is 91.0 Å². The summed E-state index contributed by atoms with van der Waals surface area (Å²) in [6.07, 6.45) is 5.47. The number of benzene rings is 1. The summed E-state index contributed by atoms with van der Waals surface area (Å²) in [5.74, 6) is 0.987. The number of methoxy groups -OCH3 is 2. The zero-order valence-electron chi connectivity index (χ0n) is 25.0. The Balaban J connectivity index is 1.76. The third kappa shape index (κ3) is 4.96. The van der Waals surface area contributed by atoms with Crippen molar-refractivity contribution >= 4 is 23.3 Å². The second-order valence-corrected chi connectivity index (χ2v) is 11.0. The maximum absolute atomic E-state index is 14.3. The summed E-state index contributed by atoms with van der Waals surface area (Å²) in [4.78, 5) is 39.5. The molecule has 42 heavy (non-hydrogen) atoms. The van der Waals surface area contributed by atoms with Crippen molar-refractivity contribution in [3.8, 4) is 17.2 Å². The van der Waals surface area contributed by atoms with Crippen LogP contribution in [-0.4, -0.2) is 52.2 Å². The van der Waals surface area contributed by atoms with Crippen LogP contribution in [0, 0.1) is 13.8 Å². The number of fused-ring (bicyclic) bond motifs is 1. The molecular weight excluding hydrogens is 550 g/mol. The van der Waals surface area contributed by atoms with Crippen LogP contribution in [0.1, 0.15) is 49.3 Å². The van der Waals surface area contributed by atoms with E-state index in [-0.39, 0.29) is 11.5 Å². The van der Waals surface area contributed by atoms with Crippen molar-refractivity contribution in [2.24, 2.45) is 4.99 Å². The lowest BCUT2D eigenvalue weighted by Crippen LogP contribution is -2.43. The number of aromatic nitrogens is 3. The number of carbonyl (C=O) groups excluding carboxylic acids is 1. The second kappa shape index (κ2) is 11.8. The van der Waals surface area contributed by atoms with Crippen molar-refractivity contribution in [3.63, 3.8) is 0 Å². The van der Waals surface area contributed by atoms with Gasteiger partial charge in [0.05, 0.1) is 41.9 Å². The number of hydrogen-bond donors (Lipinski definition) is 0. The van der Waals surface area contributed by atoms with Crippen LogP contribution in [-0.2, 0) is 4.79 Å². The highest BCUT2D eigenvalue weighted by molar-refractivity contribution is 7.07. The molecular formula is C32H35N5O4S. The highest BCUT2D eigenvalue weighted by Gasteiger charge is 2.36. The van der Waals surface area contributed by atoms with Gasteiger partial charge in [0.2, 0.25) is 0 Å². The smallest absolute Gasteiger partial charge is 0.271 e. The number of amides is 1. The fraction of sp³-hybridized carbons (Fsp3) is 0.312. The molecule has 1 atom stereocenters. The molecule has 4 aromatic rings. The molecule has 0 bridgehead atoms. The van der Waals surface area contributed by atoms with Crippen molar-refractivity contribution in [2.75, 3.05) is 27.3 Å². The van der Waals surface area contributed by atoms with Gasteiger partial charge in [-0.15, -0.1) is 0 Å². The van der Waals surface area contributed by atoms with Gasteiger partial charge in [0.25, 0.3) is 11.5 Å². The number of aryl methyl sites for hydroxylation is 1. The third-order valence-corrected chi connectivity index (χ3v) is 8.68. The minimum absolute atomic E-state index is 0.162. The average Bonchev–Trinajstić information content (AvgIpc) is 3.46. The van der Waals surface area contributed by atoms with E-state index in [0.717, 1.165) is 22.6 Å². The van der Waals surface area contributed by atoms with Crippen LogP contribution < -0.4 is 24.4 Å². The molecule has 4 heterocycles. The number of likely N-dealkylation sites (N-methyl/N-ethyl adjacent to an activating group) is 1. The molecule has 1 aromatic carbocycles. The van der Waals surface area contributed by atoms with Crippen molar-refractivity contribution < 1.29 is 14.3 Å². The number of rotatable bonds is 8. The molecule has 0 radical (unpaired) electrons. The maximum atomic E-state index is 14.3. The minimum Gasteiger partial charge on any atom is -0.497 e. The van der Waals surface area contributed by atoms with Crippen LogP contribution in [0.5, 0.6) is 11.5 Å². The van der Waals surface area contributed by atoms with Gasteiger partial charge in [0.1, 0.15) is 17.5 Å². The Labute approximate surface area is 248 Å². The number of carbonyl (C=O) groups is 1. The van der Waals surface area contributed by atoms with E-state index in [1.807, 2.05) is 65.1 Å². The lowest BCUT2D eigenvalue weighted by Gasteiger charge is -2.30. The molecule has 5 rings (SSSR count). The Morgan fingerprint density at radius 1 is 1.10 bits per heavy atom. The summed E-state index contributed by atoms with van der Waals surface area (Å²) in [5, 5.41) is 0. The molecule has 1 aliphatic rings. The largest absolute Gasteiger partial charge is 0.497 e. The lowest BCUT2D eigenvalue weighted by molar-refractivity contribution is -0.127. The Bertz CT molecular complexity index is 1860. The van der Waals surface area contributed by atoms with E-state index in [2.05, 4.69) is 15.6 Å². The predicted octanol–water partition coefficient (Wildman–Crippen LogP) is 3.92. The first-order valence-corrected chi connectivity index (χ1v) is 14.7. The molecule has 0 fully saturated rings. The fourth-order valence-electron chi connectivity index (χ4n) is 5.58. The first kappa shape index (κ1) is 29.1. The highest BCUT2D eigenvalue weighted by atomic mass is 32.1. The van der Waals surface area contributed by atoms with Gasteiger partial charge in [-0.05, 0) is 82.7 Å². The van der Waals surface area contributed by atoms with Gasteiger partial charge in [0, 0.05) is 36.2 Å². The summed E-state index contributed by atoms with van der Waals surface area (Å²) in [7, 11) is 3.16. The molecule has 3 aromatic heterocycles. The number of ether oxygens (including phenoxy) is 2.